The maximum atomic E-state index is 7.37. The van der Waals surface area contributed by atoms with Crippen LogP contribution in [0.5, 0.6) is 5.75 Å². The van der Waals surface area contributed by atoms with E-state index in [2.05, 4.69) is 6.92 Å². The van der Waals surface area contributed by atoms with E-state index in [0.29, 0.717) is 17.2 Å². The van der Waals surface area contributed by atoms with E-state index in [0.717, 1.165) is 12.2 Å². The van der Waals surface area contributed by atoms with E-state index in [-0.39, 0.29) is 5.84 Å². The Hall–Kier alpha value is -1.22. The number of unbranched alkanes of at least 4 members (excludes halogenated alkanes) is 7. The molecule has 0 radical (unpaired) electrons. The highest BCUT2D eigenvalue weighted by Crippen LogP contribution is 2.22. The van der Waals surface area contributed by atoms with Gasteiger partial charge in [-0.1, -0.05) is 63.5 Å². The monoisotopic (exact) mass is 310 g/mol. The molecule has 0 bridgehead atoms. The maximum absolute atomic E-state index is 7.37. The fourth-order valence-corrected chi connectivity index (χ4v) is 2.50. The van der Waals surface area contributed by atoms with Gasteiger partial charge in [-0.15, -0.1) is 0 Å². The number of hydrogen-bond donors (Lipinski definition) is 2. The number of nitrogens with one attached hydrogen (secondary N) is 1. The lowest BCUT2D eigenvalue weighted by molar-refractivity contribution is 0.304. The maximum Gasteiger partial charge on any atom is 0.124 e. The van der Waals surface area contributed by atoms with Gasteiger partial charge >= 0.3 is 0 Å². The lowest BCUT2D eigenvalue weighted by Crippen LogP contribution is -2.11. The average Bonchev–Trinajstić information content (AvgIpc) is 2.45. The number of halogens is 1. The fraction of sp³-hybridized carbons (Fsp3) is 0.588. The molecule has 21 heavy (non-hydrogen) atoms. The van der Waals surface area contributed by atoms with Crippen molar-refractivity contribution in [2.75, 3.05) is 6.61 Å². The molecule has 0 aromatic heterocycles. The standard InChI is InChI=1S/C17H27ClN2O/c1-2-3-4-5-6-7-8-9-12-21-14-10-11-15(17(19)20)16(18)13-14/h10-11,13H,2-9,12H2,1H3,(H3,19,20). The minimum atomic E-state index is -0.0189. The molecule has 4 heteroatoms. The Kier molecular flexibility index (Phi) is 8.91. The molecule has 0 spiro atoms. The van der Waals surface area contributed by atoms with Crippen molar-refractivity contribution in [1.82, 2.24) is 0 Å². The zero-order chi connectivity index (χ0) is 15.5. The van der Waals surface area contributed by atoms with E-state index in [1.54, 1.807) is 12.1 Å². The second-order valence-corrected chi connectivity index (χ2v) is 5.79. The molecule has 0 atom stereocenters. The van der Waals surface area contributed by atoms with Gasteiger partial charge in [-0.2, -0.15) is 0 Å². The zero-order valence-corrected chi connectivity index (χ0v) is 13.7. The molecule has 1 rings (SSSR count). The topological polar surface area (TPSA) is 59.1 Å². The number of benzene rings is 1. The second kappa shape index (κ2) is 10.5. The van der Waals surface area contributed by atoms with Crippen LogP contribution < -0.4 is 10.5 Å². The molecule has 0 amide bonds. The molecule has 3 N–H and O–H groups in total. The van der Waals surface area contributed by atoms with Crippen LogP contribution in [-0.2, 0) is 0 Å². The molecule has 118 valence electrons. The lowest BCUT2D eigenvalue weighted by Gasteiger charge is -2.08. The Balaban J connectivity index is 2.13. The van der Waals surface area contributed by atoms with Crippen molar-refractivity contribution >= 4 is 17.4 Å². The van der Waals surface area contributed by atoms with Gasteiger partial charge in [0.2, 0.25) is 0 Å². The molecule has 0 aliphatic rings. The largest absolute Gasteiger partial charge is 0.494 e. The highest BCUT2D eigenvalue weighted by Gasteiger charge is 2.05. The molecule has 0 fully saturated rings. The van der Waals surface area contributed by atoms with Crippen LogP contribution in [0.2, 0.25) is 5.02 Å². The summed E-state index contributed by atoms with van der Waals surface area (Å²) >= 11 is 6.05. The summed E-state index contributed by atoms with van der Waals surface area (Å²) in [7, 11) is 0. The van der Waals surface area contributed by atoms with E-state index in [1.165, 1.54) is 44.9 Å². The van der Waals surface area contributed by atoms with Crippen LogP contribution in [0.15, 0.2) is 18.2 Å². The summed E-state index contributed by atoms with van der Waals surface area (Å²) in [5.41, 5.74) is 5.97. The van der Waals surface area contributed by atoms with Gasteiger partial charge in [0, 0.05) is 5.56 Å². The highest BCUT2D eigenvalue weighted by molar-refractivity contribution is 6.34. The van der Waals surface area contributed by atoms with E-state index >= 15 is 0 Å². The minimum absolute atomic E-state index is 0.0189. The Morgan fingerprint density at radius 3 is 2.29 bits per heavy atom. The van der Waals surface area contributed by atoms with Crippen molar-refractivity contribution in [3.8, 4) is 5.75 Å². The highest BCUT2D eigenvalue weighted by atomic mass is 35.5. The van der Waals surface area contributed by atoms with Crippen molar-refractivity contribution < 1.29 is 4.74 Å². The molecular weight excluding hydrogens is 284 g/mol. The first-order valence-electron chi connectivity index (χ1n) is 7.92. The Morgan fingerprint density at radius 1 is 1.10 bits per heavy atom. The van der Waals surface area contributed by atoms with Crippen LogP contribution in [0.4, 0.5) is 0 Å². The SMILES string of the molecule is CCCCCCCCCCOc1ccc(C(=N)N)c(Cl)c1. The number of amidine groups is 1. The molecule has 0 saturated heterocycles. The Bertz CT molecular complexity index is 435. The number of hydrogen-bond acceptors (Lipinski definition) is 2. The number of ether oxygens (including phenoxy) is 1. The van der Waals surface area contributed by atoms with Crippen LogP contribution in [0.25, 0.3) is 0 Å². The summed E-state index contributed by atoms with van der Waals surface area (Å²) in [5.74, 6) is 0.725. The summed E-state index contributed by atoms with van der Waals surface area (Å²) in [6, 6.07) is 5.27. The van der Waals surface area contributed by atoms with Crippen molar-refractivity contribution in [1.29, 1.82) is 5.41 Å². The first kappa shape index (κ1) is 17.8. The third-order valence-electron chi connectivity index (χ3n) is 3.50. The summed E-state index contributed by atoms with van der Waals surface area (Å²) in [4.78, 5) is 0. The minimum Gasteiger partial charge on any atom is -0.494 e. The fourth-order valence-electron chi connectivity index (χ4n) is 2.23. The third kappa shape index (κ3) is 7.37. The van der Waals surface area contributed by atoms with Crippen molar-refractivity contribution in [3.63, 3.8) is 0 Å². The van der Waals surface area contributed by atoms with Crippen LogP contribution in [0, 0.1) is 5.41 Å². The smallest absolute Gasteiger partial charge is 0.124 e. The predicted octanol–water partition coefficient (Wildman–Crippen LogP) is 5.14. The Morgan fingerprint density at radius 2 is 1.71 bits per heavy atom. The van der Waals surface area contributed by atoms with Gasteiger partial charge in [0.1, 0.15) is 11.6 Å². The van der Waals surface area contributed by atoms with Gasteiger partial charge in [0.05, 0.1) is 11.6 Å². The summed E-state index contributed by atoms with van der Waals surface area (Å²) in [5, 5.41) is 7.84. The molecule has 0 heterocycles. The second-order valence-electron chi connectivity index (χ2n) is 5.38. The van der Waals surface area contributed by atoms with Crippen molar-refractivity contribution in [3.05, 3.63) is 28.8 Å². The first-order chi connectivity index (χ1) is 10.1. The van der Waals surface area contributed by atoms with Crippen LogP contribution in [0.1, 0.15) is 63.9 Å². The molecule has 0 aliphatic carbocycles. The number of nitrogens with two attached hydrogens (primary N) is 1. The first-order valence-corrected chi connectivity index (χ1v) is 8.29. The Labute approximate surface area is 133 Å². The van der Waals surface area contributed by atoms with E-state index in [4.69, 9.17) is 27.5 Å². The van der Waals surface area contributed by atoms with Gasteiger partial charge in [0.15, 0.2) is 0 Å². The van der Waals surface area contributed by atoms with E-state index in [9.17, 15) is 0 Å². The van der Waals surface area contributed by atoms with Crippen LogP contribution >= 0.6 is 11.6 Å². The quantitative estimate of drug-likeness (QED) is 0.337. The lowest BCUT2D eigenvalue weighted by atomic mass is 10.1. The normalized spacial score (nSPS) is 10.6. The van der Waals surface area contributed by atoms with Gasteiger partial charge in [-0.05, 0) is 24.6 Å². The molecule has 1 aromatic carbocycles. The molecule has 0 aliphatic heterocycles. The molecule has 0 saturated carbocycles. The van der Waals surface area contributed by atoms with Gasteiger partial charge in [0.25, 0.3) is 0 Å². The molecule has 3 nitrogen and oxygen atoms in total. The average molecular weight is 311 g/mol. The summed E-state index contributed by atoms with van der Waals surface area (Å²) < 4.78 is 5.67. The van der Waals surface area contributed by atoms with E-state index in [1.807, 2.05) is 6.07 Å². The van der Waals surface area contributed by atoms with Crippen LogP contribution in [-0.4, -0.2) is 12.4 Å². The molecular formula is C17H27ClN2O. The number of nitrogen functional groups attached to an aromatic ring is 1. The van der Waals surface area contributed by atoms with Gasteiger partial charge in [-0.3, -0.25) is 5.41 Å². The van der Waals surface area contributed by atoms with Crippen molar-refractivity contribution in [2.45, 2.75) is 58.3 Å². The van der Waals surface area contributed by atoms with Crippen LogP contribution in [0.3, 0.4) is 0 Å². The van der Waals surface area contributed by atoms with Crippen molar-refractivity contribution in [2.24, 2.45) is 5.73 Å². The van der Waals surface area contributed by atoms with Gasteiger partial charge < -0.3 is 10.5 Å². The third-order valence-corrected chi connectivity index (χ3v) is 3.81. The number of rotatable bonds is 11. The van der Waals surface area contributed by atoms with E-state index < -0.39 is 0 Å². The zero-order valence-electron chi connectivity index (χ0n) is 13.0. The predicted molar refractivity (Wildman–Crippen MR) is 90.6 cm³/mol. The van der Waals surface area contributed by atoms with Gasteiger partial charge in [-0.25, -0.2) is 0 Å². The summed E-state index contributed by atoms with van der Waals surface area (Å²) in [6.07, 6.45) is 10.3. The molecule has 1 aromatic rings. The summed E-state index contributed by atoms with van der Waals surface area (Å²) in [6.45, 7) is 2.96. The molecule has 0 unspecified atom stereocenters.